The number of benzene rings is 2. The van der Waals surface area contributed by atoms with Crippen molar-refractivity contribution in [1.29, 1.82) is 0 Å². The van der Waals surface area contributed by atoms with Crippen LogP contribution in [-0.2, 0) is 16.0 Å². The van der Waals surface area contributed by atoms with Gasteiger partial charge in [-0.2, -0.15) is 0 Å². The molecule has 128 valence electrons. The highest BCUT2D eigenvalue weighted by molar-refractivity contribution is 7.99. The monoisotopic (exact) mass is 343 g/mol. The zero-order valence-electron chi connectivity index (χ0n) is 14.3. The number of nitrogens with one attached hydrogen (secondary N) is 1. The van der Waals surface area contributed by atoms with Crippen LogP contribution in [0.25, 0.3) is 0 Å². The summed E-state index contributed by atoms with van der Waals surface area (Å²) in [7, 11) is 0. The number of thioether (sulfide) groups is 1. The van der Waals surface area contributed by atoms with Gasteiger partial charge in [-0.25, -0.2) is 0 Å². The zero-order chi connectivity index (χ0) is 16.8. The highest BCUT2D eigenvalue weighted by Gasteiger charge is 2.37. The Morgan fingerprint density at radius 3 is 2.38 bits per heavy atom. The molecule has 0 aliphatic carbocycles. The summed E-state index contributed by atoms with van der Waals surface area (Å²) in [5.74, 6) is 0.454. The summed E-state index contributed by atoms with van der Waals surface area (Å²) in [6.07, 6.45) is 0.0694. The van der Waals surface area contributed by atoms with Crippen LogP contribution in [0.1, 0.15) is 19.4 Å². The standard InChI is InChI=1S/C20H25NO2S/c1-20(2)22-14-19(23-20)18(15-24-17-11-7-4-8-12-17)21-13-16-9-5-3-6-10-16/h3-12,18-19,21H,13-15H2,1-2H3/t18-,19+/m0/s1. The summed E-state index contributed by atoms with van der Waals surface area (Å²) in [6.45, 7) is 5.42. The number of ether oxygens (including phenoxy) is 2. The molecule has 0 radical (unpaired) electrons. The van der Waals surface area contributed by atoms with Crippen LogP contribution < -0.4 is 5.32 Å². The molecule has 3 nitrogen and oxygen atoms in total. The van der Waals surface area contributed by atoms with Gasteiger partial charge in [0.1, 0.15) is 6.10 Å². The highest BCUT2D eigenvalue weighted by Crippen LogP contribution is 2.27. The van der Waals surface area contributed by atoms with E-state index in [9.17, 15) is 0 Å². The largest absolute Gasteiger partial charge is 0.348 e. The van der Waals surface area contributed by atoms with E-state index in [1.165, 1.54) is 10.5 Å². The Hall–Kier alpha value is -1.33. The summed E-state index contributed by atoms with van der Waals surface area (Å²) in [4.78, 5) is 1.28. The van der Waals surface area contributed by atoms with Gasteiger partial charge in [0.2, 0.25) is 0 Å². The molecule has 1 saturated heterocycles. The summed E-state index contributed by atoms with van der Waals surface area (Å²) in [6, 6.07) is 21.2. The summed E-state index contributed by atoms with van der Waals surface area (Å²) in [5, 5.41) is 3.66. The molecule has 0 unspecified atom stereocenters. The first-order chi connectivity index (χ1) is 11.6. The lowest BCUT2D eigenvalue weighted by Crippen LogP contribution is -2.43. The molecule has 1 aliphatic rings. The minimum absolute atomic E-state index is 0.0694. The molecule has 0 aromatic heterocycles. The van der Waals surface area contributed by atoms with Gasteiger partial charge in [0.05, 0.1) is 6.61 Å². The van der Waals surface area contributed by atoms with Gasteiger partial charge in [-0.3, -0.25) is 0 Å². The lowest BCUT2D eigenvalue weighted by molar-refractivity contribution is -0.141. The predicted molar refractivity (Wildman–Crippen MR) is 99.1 cm³/mol. The van der Waals surface area contributed by atoms with E-state index < -0.39 is 5.79 Å². The van der Waals surface area contributed by atoms with Gasteiger partial charge in [-0.15, -0.1) is 11.8 Å². The molecule has 1 fully saturated rings. The van der Waals surface area contributed by atoms with E-state index in [-0.39, 0.29) is 12.1 Å². The van der Waals surface area contributed by atoms with Crippen molar-refractivity contribution in [2.45, 2.75) is 43.2 Å². The molecule has 1 heterocycles. The molecule has 0 spiro atoms. The Kier molecular flexibility index (Phi) is 5.95. The molecule has 1 aliphatic heterocycles. The Bertz CT molecular complexity index is 575. The van der Waals surface area contributed by atoms with Crippen LogP contribution in [0.5, 0.6) is 0 Å². The van der Waals surface area contributed by atoms with E-state index in [1.807, 2.05) is 37.7 Å². The lowest BCUT2D eigenvalue weighted by Gasteiger charge is -2.25. The van der Waals surface area contributed by atoms with E-state index in [1.54, 1.807) is 0 Å². The van der Waals surface area contributed by atoms with Crippen molar-refractivity contribution in [3.63, 3.8) is 0 Å². The minimum Gasteiger partial charge on any atom is -0.348 e. The molecule has 2 aromatic rings. The van der Waals surface area contributed by atoms with Gasteiger partial charge in [-0.1, -0.05) is 48.5 Å². The van der Waals surface area contributed by atoms with Crippen LogP contribution in [0.2, 0.25) is 0 Å². The van der Waals surface area contributed by atoms with Gasteiger partial charge in [0.25, 0.3) is 0 Å². The molecule has 1 N–H and O–H groups in total. The average Bonchev–Trinajstić information content (AvgIpc) is 2.96. The van der Waals surface area contributed by atoms with Crippen molar-refractivity contribution in [3.8, 4) is 0 Å². The van der Waals surface area contributed by atoms with E-state index in [2.05, 4.69) is 53.8 Å². The van der Waals surface area contributed by atoms with Crippen molar-refractivity contribution in [2.24, 2.45) is 0 Å². The molecule has 0 saturated carbocycles. The van der Waals surface area contributed by atoms with Crippen LogP contribution in [0.15, 0.2) is 65.6 Å². The van der Waals surface area contributed by atoms with Gasteiger partial charge in [-0.05, 0) is 31.5 Å². The second-order valence-corrected chi connectivity index (χ2v) is 7.56. The number of rotatable bonds is 7. The average molecular weight is 343 g/mol. The normalized spacial score (nSPS) is 20.8. The Morgan fingerprint density at radius 2 is 1.75 bits per heavy atom. The second-order valence-electron chi connectivity index (χ2n) is 6.46. The second kappa shape index (κ2) is 8.17. The smallest absolute Gasteiger partial charge is 0.163 e. The van der Waals surface area contributed by atoms with E-state index in [0.29, 0.717) is 6.61 Å². The van der Waals surface area contributed by atoms with Crippen molar-refractivity contribution < 1.29 is 9.47 Å². The number of hydrogen-bond acceptors (Lipinski definition) is 4. The fourth-order valence-corrected chi connectivity index (χ4v) is 3.81. The molecule has 2 atom stereocenters. The van der Waals surface area contributed by atoms with Gasteiger partial charge < -0.3 is 14.8 Å². The van der Waals surface area contributed by atoms with E-state index >= 15 is 0 Å². The van der Waals surface area contributed by atoms with Crippen LogP contribution in [0, 0.1) is 0 Å². The first-order valence-corrected chi connectivity index (χ1v) is 9.38. The van der Waals surface area contributed by atoms with Gasteiger partial charge in [0.15, 0.2) is 5.79 Å². The zero-order valence-corrected chi connectivity index (χ0v) is 15.1. The molecular formula is C20H25NO2S. The maximum absolute atomic E-state index is 6.09. The summed E-state index contributed by atoms with van der Waals surface area (Å²) < 4.78 is 11.9. The summed E-state index contributed by atoms with van der Waals surface area (Å²) >= 11 is 1.85. The summed E-state index contributed by atoms with van der Waals surface area (Å²) in [5.41, 5.74) is 1.28. The first kappa shape index (κ1) is 17.5. The van der Waals surface area contributed by atoms with Crippen LogP contribution in [-0.4, -0.2) is 30.3 Å². The molecule has 0 amide bonds. The molecular weight excluding hydrogens is 318 g/mol. The Balaban J connectivity index is 1.62. The quantitative estimate of drug-likeness (QED) is 0.767. The third-order valence-electron chi connectivity index (χ3n) is 4.06. The first-order valence-electron chi connectivity index (χ1n) is 8.39. The van der Waals surface area contributed by atoms with E-state index in [4.69, 9.17) is 9.47 Å². The van der Waals surface area contributed by atoms with Crippen LogP contribution >= 0.6 is 11.8 Å². The fraction of sp³-hybridized carbons (Fsp3) is 0.400. The Labute approximate surface area is 148 Å². The maximum atomic E-state index is 6.09. The molecule has 4 heteroatoms. The molecule has 2 aromatic carbocycles. The third kappa shape index (κ3) is 5.08. The fourth-order valence-electron chi connectivity index (χ4n) is 2.76. The maximum Gasteiger partial charge on any atom is 0.163 e. The van der Waals surface area contributed by atoms with Crippen molar-refractivity contribution in [1.82, 2.24) is 5.32 Å². The minimum atomic E-state index is -0.491. The predicted octanol–water partition coefficient (Wildman–Crippen LogP) is 4.09. The third-order valence-corrected chi connectivity index (χ3v) is 5.19. The van der Waals surface area contributed by atoms with Crippen molar-refractivity contribution in [3.05, 3.63) is 66.2 Å². The molecule has 0 bridgehead atoms. The van der Waals surface area contributed by atoms with Gasteiger partial charge >= 0.3 is 0 Å². The van der Waals surface area contributed by atoms with Crippen LogP contribution in [0.3, 0.4) is 0 Å². The molecule has 24 heavy (non-hydrogen) atoms. The van der Waals surface area contributed by atoms with Gasteiger partial charge in [0, 0.05) is 23.2 Å². The van der Waals surface area contributed by atoms with Crippen molar-refractivity contribution >= 4 is 11.8 Å². The van der Waals surface area contributed by atoms with Crippen molar-refractivity contribution in [2.75, 3.05) is 12.4 Å². The van der Waals surface area contributed by atoms with Crippen LogP contribution in [0.4, 0.5) is 0 Å². The lowest BCUT2D eigenvalue weighted by atomic mass is 10.1. The Morgan fingerprint density at radius 1 is 1.08 bits per heavy atom. The highest BCUT2D eigenvalue weighted by atomic mass is 32.2. The number of hydrogen-bond donors (Lipinski definition) is 1. The SMILES string of the molecule is CC1(C)OC[C@H]([C@H](CSc2ccccc2)NCc2ccccc2)O1. The topological polar surface area (TPSA) is 30.5 Å². The molecule has 3 rings (SSSR count). The van der Waals surface area contributed by atoms with E-state index in [0.717, 1.165) is 12.3 Å².